The fourth-order valence-electron chi connectivity index (χ4n) is 2.35. The van der Waals surface area contributed by atoms with Crippen LogP contribution in [0.3, 0.4) is 0 Å². The summed E-state index contributed by atoms with van der Waals surface area (Å²) in [6, 6.07) is 10.2. The zero-order valence-electron chi connectivity index (χ0n) is 12.4. The van der Waals surface area contributed by atoms with Crippen molar-refractivity contribution in [3.8, 4) is 0 Å². The van der Waals surface area contributed by atoms with Gasteiger partial charge >= 0.3 is 0 Å². The van der Waals surface area contributed by atoms with Crippen LogP contribution < -0.4 is 10.6 Å². The van der Waals surface area contributed by atoms with Crippen LogP contribution in [0.25, 0.3) is 0 Å². The Labute approximate surface area is 145 Å². The molecule has 0 radical (unpaired) electrons. The number of benzene rings is 2. The smallest absolute Gasteiger partial charge is 0.240 e. The Kier molecular flexibility index (Phi) is 4.36. The molecule has 0 spiro atoms. The number of anilines is 2. The van der Waals surface area contributed by atoms with Gasteiger partial charge in [-0.15, -0.1) is 0 Å². The molecule has 2 N–H and O–H groups in total. The molecule has 0 aromatic heterocycles. The largest absolute Gasteiger partial charge is 0.325 e. The summed E-state index contributed by atoms with van der Waals surface area (Å²) in [4.78, 5) is 24.8. The molecule has 7 heteroatoms. The Morgan fingerprint density at radius 2 is 1.54 bits per heavy atom. The number of amides is 2. The highest BCUT2D eigenvalue weighted by molar-refractivity contribution is 9.10. The van der Waals surface area contributed by atoms with Crippen LogP contribution in [0.2, 0.25) is 0 Å². The lowest BCUT2D eigenvalue weighted by molar-refractivity contribution is -0.131. The maximum atomic E-state index is 13.7. The van der Waals surface area contributed by atoms with Gasteiger partial charge in [0.1, 0.15) is 22.7 Å². The molecule has 4 nitrogen and oxygen atoms in total. The maximum Gasteiger partial charge on any atom is 0.240 e. The molecule has 2 amide bonds. The second kappa shape index (κ2) is 6.32. The predicted octanol–water partition coefficient (Wildman–Crippen LogP) is 4.08. The average Bonchev–Trinajstić information content (AvgIpc) is 3.33. The van der Waals surface area contributed by atoms with Gasteiger partial charge in [-0.1, -0.05) is 28.1 Å². The van der Waals surface area contributed by atoms with Gasteiger partial charge in [-0.3, -0.25) is 9.59 Å². The van der Waals surface area contributed by atoms with Crippen molar-refractivity contribution in [2.24, 2.45) is 5.41 Å². The molecule has 2 aromatic carbocycles. The van der Waals surface area contributed by atoms with E-state index in [-0.39, 0.29) is 0 Å². The molecular weight excluding hydrogens is 382 g/mol. The Balaban J connectivity index is 1.75. The van der Waals surface area contributed by atoms with Crippen molar-refractivity contribution in [2.75, 3.05) is 10.6 Å². The summed E-state index contributed by atoms with van der Waals surface area (Å²) in [5, 5.41) is 4.86. The van der Waals surface area contributed by atoms with Gasteiger partial charge in [-0.2, -0.15) is 0 Å². The first-order valence-corrected chi connectivity index (χ1v) is 8.04. The summed E-state index contributed by atoms with van der Waals surface area (Å²) in [5.41, 5.74) is -1.30. The Hall–Kier alpha value is -2.28. The van der Waals surface area contributed by atoms with Gasteiger partial charge in [0.15, 0.2) is 0 Å². The molecule has 24 heavy (non-hydrogen) atoms. The van der Waals surface area contributed by atoms with E-state index in [1.165, 1.54) is 6.07 Å². The molecule has 0 unspecified atom stereocenters. The van der Waals surface area contributed by atoms with E-state index in [9.17, 15) is 18.4 Å². The van der Waals surface area contributed by atoms with E-state index in [0.717, 1.165) is 16.6 Å². The van der Waals surface area contributed by atoms with Crippen molar-refractivity contribution in [1.29, 1.82) is 0 Å². The number of hydrogen-bond donors (Lipinski definition) is 2. The van der Waals surface area contributed by atoms with Gasteiger partial charge in [0.2, 0.25) is 11.8 Å². The lowest BCUT2D eigenvalue weighted by Gasteiger charge is -2.16. The summed E-state index contributed by atoms with van der Waals surface area (Å²) in [5.74, 6) is -2.97. The number of halogens is 3. The summed E-state index contributed by atoms with van der Waals surface area (Å²) >= 11 is 3.29. The monoisotopic (exact) mass is 394 g/mol. The van der Waals surface area contributed by atoms with Crippen LogP contribution in [0.15, 0.2) is 46.9 Å². The lowest BCUT2D eigenvalue weighted by Crippen LogP contribution is -2.36. The van der Waals surface area contributed by atoms with Crippen molar-refractivity contribution >= 4 is 39.1 Å². The Morgan fingerprint density at radius 1 is 0.958 bits per heavy atom. The van der Waals surface area contributed by atoms with E-state index in [2.05, 4.69) is 26.6 Å². The van der Waals surface area contributed by atoms with Crippen LogP contribution in [0.5, 0.6) is 0 Å². The molecule has 2 aromatic rings. The van der Waals surface area contributed by atoms with E-state index >= 15 is 0 Å². The highest BCUT2D eigenvalue weighted by atomic mass is 79.9. The molecule has 0 heterocycles. The lowest BCUT2D eigenvalue weighted by atomic mass is 10.0. The fourth-order valence-corrected chi connectivity index (χ4v) is 2.75. The minimum Gasteiger partial charge on any atom is -0.325 e. The third-order valence-electron chi connectivity index (χ3n) is 3.90. The minimum absolute atomic E-state index is 0.328. The van der Waals surface area contributed by atoms with Crippen LogP contribution in [-0.2, 0) is 9.59 Å². The van der Waals surface area contributed by atoms with E-state index in [1.54, 1.807) is 24.3 Å². The number of para-hydroxylation sites is 1. The third-order valence-corrected chi connectivity index (χ3v) is 4.40. The first-order valence-electron chi connectivity index (χ1n) is 7.25. The Bertz CT molecular complexity index is 802. The van der Waals surface area contributed by atoms with Crippen molar-refractivity contribution in [3.63, 3.8) is 0 Å². The van der Waals surface area contributed by atoms with Crippen LogP contribution in [0.4, 0.5) is 20.2 Å². The quantitative estimate of drug-likeness (QED) is 0.767. The summed E-state index contributed by atoms with van der Waals surface area (Å²) < 4.78 is 28.1. The predicted molar refractivity (Wildman–Crippen MR) is 89.4 cm³/mol. The SMILES string of the molecule is O=C(Nc1cccc(Br)c1)C1(C(=O)Nc2c(F)cccc2F)CC1. The Morgan fingerprint density at radius 3 is 2.12 bits per heavy atom. The summed E-state index contributed by atoms with van der Waals surface area (Å²) in [6.07, 6.45) is 0.656. The number of carbonyl (C=O) groups is 2. The second-order valence-electron chi connectivity index (χ2n) is 5.60. The molecule has 1 aliphatic carbocycles. The van der Waals surface area contributed by atoms with Crippen LogP contribution >= 0.6 is 15.9 Å². The summed E-state index contributed by atoms with van der Waals surface area (Å²) in [7, 11) is 0. The first kappa shape index (κ1) is 16.6. The van der Waals surface area contributed by atoms with Crippen molar-refractivity contribution in [1.82, 2.24) is 0 Å². The van der Waals surface area contributed by atoms with E-state index in [0.29, 0.717) is 18.5 Å². The molecule has 0 aliphatic heterocycles. The average molecular weight is 395 g/mol. The number of rotatable bonds is 4. The van der Waals surface area contributed by atoms with Gasteiger partial charge in [0.25, 0.3) is 0 Å². The molecule has 3 rings (SSSR count). The third kappa shape index (κ3) is 3.17. The topological polar surface area (TPSA) is 58.2 Å². The molecular formula is C17H13BrF2N2O2. The van der Waals surface area contributed by atoms with Crippen LogP contribution in [0.1, 0.15) is 12.8 Å². The highest BCUT2D eigenvalue weighted by Gasteiger charge is 2.56. The molecule has 1 saturated carbocycles. The molecule has 124 valence electrons. The van der Waals surface area contributed by atoms with E-state index < -0.39 is 34.6 Å². The van der Waals surface area contributed by atoms with Crippen molar-refractivity contribution < 1.29 is 18.4 Å². The van der Waals surface area contributed by atoms with Crippen molar-refractivity contribution in [2.45, 2.75) is 12.8 Å². The second-order valence-corrected chi connectivity index (χ2v) is 6.51. The standard InChI is InChI=1S/C17H13BrF2N2O2/c18-10-3-1-4-11(9-10)21-15(23)17(7-8-17)16(24)22-14-12(19)5-2-6-13(14)20/h1-6,9H,7-8H2,(H,21,23)(H,22,24). The molecule has 0 atom stereocenters. The molecule has 0 bridgehead atoms. The van der Waals surface area contributed by atoms with Crippen LogP contribution in [-0.4, -0.2) is 11.8 Å². The van der Waals surface area contributed by atoms with Crippen LogP contribution in [0, 0.1) is 17.0 Å². The number of carbonyl (C=O) groups excluding carboxylic acids is 2. The molecule has 1 aliphatic rings. The first-order chi connectivity index (χ1) is 11.4. The van der Waals surface area contributed by atoms with Gasteiger partial charge in [-0.05, 0) is 43.2 Å². The molecule has 0 saturated heterocycles. The zero-order valence-corrected chi connectivity index (χ0v) is 14.0. The van der Waals surface area contributed by atoms with Gasteiger partial charge in [-0.25, -0.2) is 8.78 Å². The number of nitrogens with one attached hydrogen (secondary N) is 2. The minimum atomic E-state index is -1.29. The van der Waals surface area contributed by atoms with E-state index in [1.807, 2.05) is 0 Å². The maximum absolute atomic E-state index is 13.7. The summed E-state index contributed by atoms with van der Waals surface area (Å²) in [6.45, 7) is 0. The van der Waals surface area contributed by atoms with E-state index in [4.69, 9.17) is 0 Å². The van der Waals surface area contributed by atoms with Gasteiger partial charge in [0.05, 0.1) is 0 Å². The fraction of sp³-hybridized carbons (Fsp3) is 0.176. The van der Waals surface area contributed by atoms with Gasteiger partial charge in [0, 0.05) is 10.2 Å². The number of hydrogen-bond acceptors (Lipinski definition) is 2. The zero-order chi connectivity index (χ0) is 17.3. The normalized spacial score (nSPS) is 14.8. The molecule has 1 fully saturated rings. The highest BCUT2D eigenvalue weighted by Crippen LogP contribution is 2.47. The van der Waals surface area contributed by atoms with Gasteiger partial charge < -0.3 is 10.6 Å². The van der Waals surface area contributed by atoms with Crippen molar-refractivity contribution in [3.05, 3.63) is 58.6 Å².